The van der Waals surface area contributed by atoms with Crippen molar-refractivity contribution in [1.82, 2.24) is 0 Å². The summed E-state index contributed by atoms with van der Waals surface area (Å²) in [5.41, 5.74) is 3.26. The van der Waals surface area contributed by atoms with Crippen LogP contribution >= 0.6 is 0 Å². The molecule has 170 valence electrons. The van der Waals surface area contributed by atoms with Gasteiger partial charge < -0.3 is 10.4 Å². The number of rotatable bonds is 16. The van der Waals surface area contributed by atoms with Gasteiger partial charge in [0, 0.05) is 5.56 Å². The van der Waals surface area contributed by atoms with Crippen molar-refractivity contribution in [3.8, 4) is 0 Å². The summed E-state index contributed by atoms with van der Waals surface area (Å²) >= 11 is 0. The van der Waals surface area contributed by atoms with Gasteiger partial charge in [-0.05, 0) is 43.1 Å². The number of hydrogen-bond donors (Lipinski definition) is 2. The first kappa shape index (κ1) is 26.2. The van der Waals surface area contributed by atoms with Crippen molar-refractivity contribution in [3.05, 3.63) is 35.4 Å². The Balaban J connectivity index is 2.58. The molecule has 0 radical (unpaired) electrons. The highest BCUT2D eigenvalue weighted by Crippen LogP contribution is 2.29. The standard InChI is InChI=1S/C26H44N2O2/c1-5-7-9-11-13-20-26(3,4)21-19-22-15-17-23(18-16-22)25(28-30)24(27-29)14-12-10-8-6-2/h15-18,29-30H,5-14,19-21H2,1-4H3/b27-24-,28-25-. The van der Waals surface area contributed by atoms with Gasteiger partial charge in [0.25, 0.3) is 0 Å². The predicted molar refractivity (Wildman–Crippen MR) is 128 cm³/mol. The molecule has 0 saturated carbocycles. The Bertz CT molecular complexity index is 633. The third-order valence-corrected chi connectivity index (χ3v) is 6.04. The number of hydrogen-bond acceptors (Lipinski definition) is 4. The van der Waals surface area contributed by atoms with E-state index in [-0.39, 0.29) is 0 Å². The van der Waals surface area contributed by atoms with Crippen molar-refractivity contribution in [2.24, 2.45) is 15.7 Å². The van der Waals surface area contributed by atoms with Gasteiger partial charge in [-0.2, -0.15) is 0 Å². The fraction of sp³-hybridized carbons (Fsp3) is 0.692. The van der Waals surface area contributed by atoms with E-state index < -0.39 is 0 Å². The first-order chi connectivity index (χ1) is 14.5. The molecule has 0 saturated heterocycles. The number of nitrogens with zero attached hydrogens (tertiary/aromatic N) is 2. The van der Waals surface area contributed by atoms with Crippen LogP contribution in [0.3, 0.4) is 0 Å². The van der Waals surface area contributed by atoms with Gasteiger partial charge in [0.1, 0.15) is 11.4 Å². The second kappa shape index (κ2) is 15.0. The van der Waals surface area contributed by atoms with Gasteiger partial charge in [-0.3, -0.25) is 0 Å². The lowest BCUT2D eigenvalue weighted by atomic mass is 9.81. The third kappa shape index (κ3) is 10.3. The first-order valence-electron chi connectivity index (χ1n) is 12.0. The lowest BCUT2D eigenvalue weighted by molar-refractivity contribution is 0.294. The summed E-state index contributed by atoms with van der Waals surface area (Å²) in [7, 11) is 0. The van der Waals surface area contributed by atoms with E-state index in [4.69, 9.17) is 0 Å². The van der Waals surface area contributed by atoms with E-state index in [1.807, 2.05) is 12.1 Å². The maximum atomic E-state index is 9.50. The molecule has 0 unspecified atom stereocenters. The summed E-state index contributed by atoms with van der Waals surface area (Å²) in [5, 5.41) is 25.7. The van der Waals surface area contributed by atoms with Crippen LogP contribution in [-0.2, 0) is 6.42 Å². The summed E-state index contributed by atoms with van der Waals surface area (Å²) in [4.78, 5) is 0. The van der Waals surface area contributed by atoms with Crippen LogP contribution in [0.15, 0.2) is 34.6 Å². The highest BCUT2D eigenvalue weighted by Gasteiger charge is 2.18. The smallest absolute Gasteiger partial charge is 0.134 e. The van der Waals surface area contributed by atoms with Crippen molar-refractivity contribution in [1.29, 1.82) is 0 Å². The largest absolute Gasteiger partial charge is 0.411 e. The average molecular weight is 417 g/mol. The number of aryl methyl sites for hydroxylation is 1. The molecule has 0 fully saturated rings. The average Bonchev–Trinajstić information content (AvgIpc) is 2.75. The van der Waals surface area contributed by atoms with Gasteiger partial charge in [-0.15, -0.1) is 0 Å². The van der Waals surface area contributed by atoms with Gasteiger partial charge in [0.05, 0.1) is 0 Å². The minimum absolute atomic E-state index is 0.359. The Kier molecular flexibility index (Phi) is 13.1. The molecule has 0 atom stereocenters. The first-order valence-corrected chi connectivity index (χ1v) is 12.0. The van der Waals surface area contributed by atoms with Gasteiger partial charge in [0.15, 0.2) is 0 Å². The van der Waals surface area contributed by atoms with E-state index in [0.29, 0.717) is 23.3 Å². The molecule has 30 heavy (non-hydrogen) atoms. The van der Waals surface area contributed by atoms with Crippen LogP contribution in [0.1, 0.15) is 116 Å². The van der Waals surface area contributed by atoms with E-state index in [1.165, 1.54) is 50.5 Å². The summed E-state index contributed by atoms with van der Waals surface area (Å²) in [6, 6.07) is 8.15. The molecular formula is C26H44N2O2. The van der Waals surface area contributed by atoms with E-state index in [0.717, 1.165) is 37.7 Å². The fourth-order valence-electron chi connectivity index (χ4n) is 3.86. The monoisotopic (exact) mass is 416 g/mol. The quantitative estimate of drug-likeness (QED) is 0.124. The summed E-state index contributed by atoms with van der Waals surface area (Å²) in [6.45, 7) is 9.17. The Morgan fingerprint density at radius 2 is 1.37 bits per heavy atom. The minimum atomic E-state index is 0.359. The summed E-state index contributed by atoms with van der Waals surface area (Å²) in [6.07, 6.45) is 15.1. The van der Waals surface area contributed by atoms with Crippen LogP contribution in [0.25, 0.3) is 0 Å². The zero-order valence-electron chi connectivity index (χ0n) is 19.8. The lowest BCUT2D eigenvalue weighted by Gasteiger charge is -2.24. The van der Waals surface area contributed by atoms with Crippen LogP contribution in [0.5, 0.6) is 0 Å². The zero-order chi connectivity index (χ0) is 22.2. The SMILES string of the molecule is CCCCCCCC(C)(C)CCc1ccc(C(=N/O)/C(CCCCCC)=N\O)cc1. The number of oxime groups is 2. The molecule has 4 nitrogen and oxygen atoms in total. The van der Waals surface area contributed by atoms with Crippen LogP contribution in [0.4, 0.5) is 0 Å². The molecule has 0 amide bonds. The minimum Gasteiger partial charge on any atom is -0.411 e. The van der Waals surface area contributed by atoms with E-state index in [9.17, 15) is 10.4 Å². The number of benzene rings is 1. The van der Waals surface area contributed by atoms with Crippen molar-refractivity contribution in [2.45, 2.75) is 111 Å². The van der Waals surface area contributed by atoms with E-state index in [1.54, 1.807) is 0 Å². The molecule has 1 aromatic rings. The van der Waals surface area contributed by atoms with Crippen LogP contribution in [0, 0.1) is 5.41 Å². The summed E-state index contributed by atoms with van der Waals surface area (Å²) < 4.78 is 0. The van der Waals surface area contributed by atoms with Gasteiger partial charge in [-0.1, -0.05) is 114 Å². The molecule has 0 aliphatic heterocycles. The normalized spacial score (nSPS) is 13.1. The molecule has 1 rings (SSSR count). The molecular weight excluding hydrogens is 372 g/mol. The van der Waals surface area contributed by atoms with Gasteiger partial charge in [-0.25, -0.2) is 0 Å². The fourth-order valence-corrected chi connectivity index (χ4v) is 3.86. The van der Waals surface area contributed by atoms with Crippen molar-refractivity contribution in [3.63, 3.8) is 0 Å². The summed E-state index contributed by atoms with van der Waals surface area (Å²) in [5.74, 6) is 0. The molecule has 1 aromatic carbocycles. The molecule has 0 spiro atoms. The lowest BCUT2D eigenvalue weighted by Crippen LogP contribution is -2.16. The topological polar surface area (TPSA) is 65.2 Å². The molecule has 4 heteroatoms. The van der Waals surface area contributed by atoms with Gasteiger partial charge >= 0.3 is 0 Å². The Morgan fingerprint density at radius 1 is 0.767 bits per heavy atom. The van der Waals surface area contributed by atoms with Crippen molar-refractivity contribution < 1.29 is 10.4 Å². The van der Waals surface area contributed by atoms with Crippen molar-refractivity contribution >= 4 is 11.4 Å². The Morgan fingerprint density at radius 3 is 1.93 bits per heavy atom. The molecule has 0 aromatic heterocycles. The number of unbranched alkanes of at least 4 members (excludes halogenated alkanes) is 7. The Labute approximate surface area is 184 Å². The van der Waals surface area contributed by atoms with Gasteiger partial charge in [0.2, 0.25) is 0 Å². The highest BCUT2D eigenvalue weighted by molar-refractivity contribution is 6.48. The molecule has 0 bridgehead atoms. The molecule has 0 heterocycles. The molecule has 0 aliphatic rings. The second-order valence-electron chi connectivity index (χ2n) is 9.33. The van der Waals surface area contributed by atoms with Crippen LogP contribution in [-0.4, -0.2) is 21.8 Å². The van der Waals surface area contributed by atoms with E-state index >= 15 is 0 Å². The van der Waals surface area contributed by atoms with E-state index in [2.05, 4.69) is 50.1 Å². The Hall–Kier alpha value is -1.84. The third-order valence-electron chi connectivity index (χ3n) is 6.04. The highest BCUT2D eigenvalue weighted by atomic mass is 16.4. The van der Waals surface area contributed by atoms with Crippen LogP contribution < -0.4 is 0 Å². The zero-order valence-corrected chi connectivity index (χ0v) is 19.8. The second-order valence-corrected chi connectivity index (χ2v) is 9.33. The maximum absolute atomic E-state index is 9.50. The van der Waals surface area contributed by atoms with Crippen molar-refractivity contribution in [2.75, 3.05) is 0 Å². The maximum Gasteiger partial charge on any atom is 0.134 e. The predicted octanol–water partition coefficient (Wildman–Crippen LogP) is 7.98. The molecule has 0 aliphatic carbocycles. The molecule has 2 N–H and O–H groups in total. The van der Waals surface area contributed by atoms with Crippen LogP contribution in [0.2, 0.25) is 0 Å².